The lowest BCUT2D eigenvalue weighted by atomic mass is 10.5. The number of hydrogen-bond acceptors (Lipinski definition) is 1. The molecule has 2 N–H and O–H groups in total. The SMILES string of the molecule is CCC(N)[SiH2][SiH2][SiH3]. The Morgan fingerprint density at radius 1 is 1.86 bits per heavy atom. The Morgan fingerprint density at radius 2 is 2.43 bits per heavy atom. The Kier molecular flexibility index (Phi) is 5.18. The molecule has 0 bridgehead atoms. The van der Waals surface area contributed by atoms with E-state index in [1.165, 1.54) is 16.2 Å². The van der Waals surface area contributed by atoms with Crippen molar-refractivity contribution in [2.24, 2.45) is 5.73 Å². The van der Waals surface area contributed by atoms with E-state index in [2.05, 4.69) is 6.92 Å². The van der Waals surface area contributed by atoms with Gasteiger partial charge in [0.2, 0.25) is 0 Å². The van der Waals surface area contributed by atoms with Gasteiger partial charge in [-0.2, -0.15) is 0 Å². The maximum atomic E-state index is 5.70. The first-order chi connectivity index (χ1) is 3.31. The van der Waals surface area contributed by atoms with Gasteiger partial charge in [-0.3, -0.25) is 0 Å². The Morgan fingerprint density at radius 3 is 2.57 bits per heavy atom. The summed E-state index contributed by atoms with van der Waals surface area (Å²) in [4.78, 5) is 0. The minimum absolute atomic E-state index is 0.324. The highest BCUT2D eigenvalue weighted by Crippen LogP contribution is 1.78. The molecule has 0 fully saturated rings. The van der Waals surface area contributed by atoms with Crippen molar-refractivity contribution in [3.8, 4) is 0 Å². The molecule has 0 aromatic carbocycles. The second-order valence-electron chi connectivity index (χ2n) is 1.96. The molecule has 0 amide bonds. The Balaban J connectivity index is 2.83. The Bertz CT molecular complexity index is 41.2. The molecule has 0 saturated carbocycles. The summed E-state index contributed by atoms with van der Waals surface area (Å²) < 4.78 is 0. The molecule has 0 rings (SSSR count). The van der Waals surface area contributed by atoms with Crippen LogP contribution < -0.4 is 5.73 Å². The molecule has 0 aromatic rings. The van der Waals surface area contributed by atoms with Crippen molar-refractivity contribution in [3.05, 3.63) is 0 Å². The van der Waals surface area contributed by atoms with Gasteiger partial charge in [0.1, 0.15) is 0 Å². The molecule has 0 aliphatic carbocycles. The Labute approximate surface area is 52.7 Å². The zero-order valence-corrected chi connectivity index (χ0v) is 10.1. The molecule has 0 aliphatic heterocycles. The molecule has 4 heteroatoms. The van der Waals surface area contributed by atoms with E-state index in [0.717, 1.165) is 0 Å². The van der Waals surface area contributed by atoms with Crippen LogP contribution in [0.15, 0.2) is 0 Å². The molecule has 44 valence electrons. The lowest BCUT2D eigenvalue weighted by Gasteiger charge is -2.02. The predicted molar refractivity (Wildman–Crippen MR) is 45.3 cm³/mol. The molecule has 0 heterocycles. The summed E-state index contributed by atoms with van der Waals surface area (Å²) in [6, 6.07) is 0. The van der Waals surface area contributed by atoms with Gasteiger partial charge in [-0.1, -0.05) is 6.92 Å². The molecule has 1 unspecified atom stereocenters. The third kappa shape index (κ3) is 4.46. The second kappa shape index (κ2) is 4.76. The zero-order chi connectivity index (χ0) is 5.70. The molecule has 7 heavy (non-hydrogen) atoms. The molecule has 0 spiro atoms. The van der Waals surface area contributed by atoms with Crippen LogP contribution in [0, 0.1) is 0 Å². The van der Waals surface area contributed by atoms with Gasteiger partial charge in [0.25, 0.3) is 0 Å². The summed E-state index contributed by atoms with van der Waals surface area (Å²) in [5.41, 5.74) is 6.39. The fraction of sp³-hybridized carbons (Fsp3) is 1.00. The highest BCUT2D eigenvalue weighted by molar-refractivity contribution is 7.24. The van der Waals surface area contributed by atoms with E-state index < -0.39 is 0 Å². The first kappa shape index (κ1) is 7.61. The van der Waals surface area contributed by atoms with E-state index in [1.54, 1.807) is 0 Å². The van der Waals surface area contributed by atoms with E-state index in [4.69, 9.17) is 5.73 Å². The van der Waals surface area contributed by atoms with Gasteiger partial charge >= 0.3 is 0 Å². The zero-order valence-electron chi connectivity index (χ0n) is 5.28. The number of hydrogen-bond donors (Lipinski definition) is 1. The highest BCUT2D eigenvalue weighted by atomic mass is 29.5. The van der Waals surface area contributed by atoms with E-state index in [0.29, 0.717) is 23.3 Å². The Hall–Kier alpha value is 0.611. The van der Waals surface area contributed by atoms with Crippen molar-refractivity contribution in [2.45, 2.75) is 19.0 Å². The van der Waals surface area contributed by atoms with Crippen LogP contribution in [0.1, 0.15) is 13.3 Å². The summed E-state index contributed by atoms with van der Waals surface area (Å²) in [6.07, 6.45) is 1.24. The quantitative estimate of drug-likeness (QED) is 0.432. The first-order valence-corrected chi connectivity index (χ1v) is 13.5. The van der Waals surface area contributed by atoms with Crippen LogP contribution in [0.25, 0.3) is 0 Å². The van der Waals surface area contributed by atoms with Gasteiger partial charge in [-0.15, -0.1) is 0 Å². The van der Waals surface area contributed by atoms with Crippen molar-refractivity contribution in [2.75, 3.05) is 0 Å². The van der Waals surface area contributed by atoms with Crippen LogP contribution >= 0.6 is 0 Å². The molecule has 1 nitrogen and oxygen atoms in total. The fourth-order valence-electron chi connectivity index (χ4n) is 0.575. The lowest BCUT2D eigenvalue weighted by Crippen LogP contribution is -2.30. The summed E-state index contributed by atoms with van der Waals surface area (Å²) in [5.74, 6) is 0. The van der Waals surface area contributed by atoms with E-state index >= 15 is 0 Å². The smallest absolute Gasteiger partial charge is 0.0251 e. The largest absolute Gasteiger partial charge is 0.331 e. The van der Waals surface area contributed by atoms with Crippen molar-refractivity contribution in [3.63, 3.8) is 0 Å². The molecular weight excluding hydrogens is 134 g/mol. The normalized spacial score (nSPS) is 18.0. The van der Waals surface area contributed by atoms with Crippen molar-refractivity contribution < 1.29 is 0 Å². The predicted octanol–water partition coefficient (Wildman–Crippen LogP) is -2.79. The van der Waals surface area contributed by atoms with Crippen LogP contribution in [0.3, 0.4) is 0 Å². The molecule has 0 saturated heterocycles. The third-order valence-electron chi connectivity index (χ3n) is 1.18. The highest BCUT2D eigenvalue weighted by Gasteiger charge is 1.94. The average Bonchev–Trinajstić information content (AvgIpc) is 1.68. The van der Waals surface area contributed by atoms with Gasteiger partial charge in [0.05, 0.1) is 0 Å². The van der Waals surface area contributed by atoms with Gasteiger partial charge in [0.15, 0.2) is 0 Å². The van der Waals surface area contributed by atoms with Crippen LogP contribution in [-0.4, -0.2) is 33.0 Å². The first-order valence-electron chi connectivity index (χ1n) is 3.06. The molecule has 0 radical (unpaired) electrons. The average molecular weight is 149 g/mol. The van der Waals surface area contributed by atoms with Crippen LogP contribution in [0.4, 0.5) is 0 Å². The van der Waals surface area contributed by atoms with Gasteiger partial charge < -0.3 is 5.73 Å². The molecular formula is C3H15NSi3. The van der Waals surface area contributed by atoms with Gasteiger partial charge in [-0.05, 0) is 30.4 Å². The van der Waals surface area contributed by atoms with Gasteiger partial charge in [0, 0.05) is 9.04 Å². The van der Waals surface area contributed by atoms with Crippen LogP contribution in [-0.2, 0) is 0 Å². The molecule has 1 atom stereocenters. The number of nitrogens with two attached hydrogens (primary N) is 1. The second-order valence-corrected chi connectivity index (χ2v) is 18.3. The van der Waals surface area contributed by atoms with E-state index in [-0.39, 0.29) is 0 Å². The fourth-order valence-corrected chi connectivity index (χ4v) is 11.8. The summed E-state index contributed by atoms with van der Waals surface area (Å²) in [5, 5.41) is 0. The summed E-state index contributed by atoms with van der Waals surface area (Å²) in [6.45, 7) is 2.20. The monoisotopic (exact) mass is 149 g/mol. The summed E-state index contributed by atoms with van der Waals surface area (Å²) >= 11 is 0. The van der Waals surface area contributed by atoms with Crippen LogP contribution in [0.5, 0.6) is 0 Å². The summed E-state index contributed by atoms with van der Waals surface area (Å²) in [7, 11) is 2.34. The van der Waals surface area contributed by atoms with Crippen LogP contribution in [0.2, 0.25) is 0 Å². The van der Waals surface area contributed by atoms with Crippen molar-refractivity contribution in [1.29, 1.82) is 0 Å². The minimum Gasteiger partial charge on any atom is -0.331 e. The van der Waals surface area contributed by atoms with E-state index in [1.807, 2.05) is 0 Å². The lowest BCUT2D eigenvalue weighted by molar-refractivity contribution is 0.853. The molecule has 0 aromatic heterocycles. The van der Waals surface area contributed by atoms with Crippen molar-refractivity contribution in [1.82, 2.24) is 0 Å². The minimum atomic E-state index is 0.324. The third-order valence-corrected chi connectivity index (χ3v) is 12.2. The maximum absolute atomic E-state index is 5.70. The maximum Gasteiger partial charge on any atom is 0.0251 e. The topological polar surface area (TPSA) is 26.0 Å². The number of rotatable bonds is 3. The van der Waals surface area contributed by atoms with E-state index in [9.17, 15) is 0 Å². The molecule has 0 aliphatic rings. The van der Waals surface area contributed by atoms with Gasteiger partial charge in [-0.25, -0.2) is 0 Å². The standard InChI is InChI=1S/C3H15NSi3/c1-2-3(4)6-7-5/h3H,2,4,6-7H2,1,5H3. The van der Waals surface area contributed by atoms with Crippen molar-refractivity contribution >= 4 is 27.4 Å².